The highest BCUT2D eigenvalue weighted by Gasteiger charge is 2.06. The van der Waals surface area contributed by atoms with Gasteiger partial charge < -0.3 is 10.4 Å². The van der Waals surface area contributed by atoms with Crippen molar-refractivity contribution in [1.82, 2.24) is 5.32 Å². The number of nitrogens with one attached hydrogen (secondary N) is 1. The maximum Gasteiger partial charge on any atom is 0.243 e. The lowest BCUT2D eigenvalue weighted by Gasteiger charge is -2.12. The number of aromatic hydroxyl groups is 1. The molecule has 2 N–H and O–H groups in total. The minimum atomic E-state index is -0.221. The van der Waals surface area contributed by atoms with Gasteiger partial charge in [-0.05, 0) is 30.7 Å². The molecule has 0 unspecified atom stereocenters. The van der Waals surface area contributed by atoms with Gasteiger partial charge in [0.2, 0.25) is 5.91 Å². The smallest absolute Gasteiger partial charge is 0.243 e. The van der Waals surface area contributed by atoms with Crippen LogP contribution >= 0.6 is 0 Å². The molecule has 0 saturated heterocycles. The fourth-order valence-electron chi connectivity index (χ4n) is 1.15. The SMILES string of the molecule is C=CC(=O)N[C@@H](C)c1cccc(O)c1. The van der Waals surface area contributed by atoms with Crippen LogP contribution in [0, 0.1) is 0 Å². The van der Waals surface area contributed by atoms with E-state index in [4.69, 9.17) is 0 Å². The molecule has 0 aliphatic rings. The molecule has 0 saturated carbocycles. The molecule has 74 valence electrons. The summed E-state index contributed by atoms with van der Waals surface area (Å²) in [5, 5.41) is 11.9. The first kappa shape index (κ1) is 10.3. The van der Waals surface area contributed by atoms with Gasteiger partial charge in [0.15, 0.2) is 0 Å². The molecule has 3 heteroatoms. The molecule has 14 heavy (non-hydrogen) atoms. The van der Waals surface area contributed by atoms with Crippen molar-refractivity contribution in [2.24, 2.45) is 0 Å². The average Bonchev–Trinajstić information content (AvgIpc) is 2.17. The first-order valence-corrected chi connectivity index (χ1v) is 4.35. The predicted octanol–water partition coefficient (Wildman–Crippen LogP) is 1.76. The number of hydrogen-bond donors (Lipinski definition) is 2. The van der Waals surface area contributed by atoms with Gasteiger partial charge in [0.1, 0.15) is 5.75 Å². The maximum absolute atomic E-state index is 11.0. The van der Waals surface area contributed by atoms with Crippen molar-refractivity contribution in [2.75, 3.05) is 0 Å². The summed E-state index contributed by atoms with van der Waals surface area (Å²) in [5.41, 5.74) is 0.861. The van der Waals surface area contributed by atoms with E-state index < -0.39 is 0 Å². The summed E-state index contributed by atoms with van der Waals surface area (Å²) in [6.45, 7) is 5.21. The molecule has 1 aromatic carbocycles. The van der Waals surface area contributed by atoms with E-state index in [-0.39, 0.29) is 17.7 Å². The van der Waals surface area contributed by atoms with Crippen LogP contribution < -0.4 is 5.32 Å². The number of carbonyl (C=O) groups excluding carboxylic acids is 1. The number of phenols is 1. The van der Waals surface area contributed by atoms with Gasteiger partial charge in [-0.25, -0.2) is 0 Å². The third kappa shape index (κ3) is 2.62. The molecule has 1 atom stereocenters. The van der Waals surface area contributed by atoms with Crippen LogP contribution in [0.3, 0.4) is 0 Å². The Bertz CT molecular complexity index is 347. The highest BCUT2D eigenvalue weighted by atomic mass is 16.3. The molecule has 0 fully saturated rings. The van der Waals surface area contributed by atoms with Crippen LogP contribution in [-0.2, 0) is 4.79 Å². The monoisotopic (exact) mass is 191 g/mol. The minimum absolute atomic E-state index is 0.132. The zero-order valence-electron chi connectivity index (χ0n) is 8.03. The van der Waals surface area contributed by atoms with E-state index in [1.165, 1.54) is 6.08 Å². The fourth-order valence-corrected chi connectivity index (χ4v) is 1.15. The lowest BCUT2D eigenvalue weighted by Crippen LogP contribution is -2.24. The van der Waals surface area contributed by atoms with Crippen LogP contribution in [0.5, 0.6) is 5.75 Å². The minimum Gasteiger partial charge on any atom is -0.508 e. The maximum atomic E-state index is 11.0. The Morgan fingerprint density at radius 2 is 2.36 bits per heavy atom. The van der Waals surface area contributed by atoms with Gasteiger partial charge in [-0.15, -0.1) is 0 Å². The number of benzene rings is 1. The largest absolute Gasteiger partial charge is 0.508 e. The normalized spacial score (nSPS) is 11.8. The van der Waals surface area contributed by atoms with E-state index in [1.807, 2.05) is 13.0 Å². The van der Waals surface area contributed by atoms with Crippen LogP contribution in [0.4, 0.5) is 0 Å². The highest BCUT2D eigenvalue weighted by Crippen LogP contribution is 2.17. The average molecular weight is 191 g/mol. The predicted molar refractivity (Wildman–Crippen MR) is 54.9 cm³/mol. The molecule has 0 radical (unpaired) electrons. The lowest BCUT2D eigenvalue weighted by molar-refractivity contribution is -0.117. The summed E-state index contributed by atoms with van der Waals surface area (Å²) in [6.07, 6.45) is 1.22. The number of carbonyl (C=O) groups is 1. The zero-order chi connectivity index (χ0) is 10.6. The second-order valence-corrected chi connectivity index (χ2v) is 3.03. The molecule has 1 aromatic rings. The molecule has 1 amide bonds. The second kappa shape index (κ2) is 4.46. The Kier molecular flexibility index (Phi) is 3.29. The summed E-state index contributed by atoms with van der Waals surface area (Å²) in [4.78, 5) is 11.0. The molecule has 3 nitrogen and oxygen atoms in total. The van der Waals surface area contributed by atoms with Crippen molar-refractivity contribution in [3.63, 3.8) is 0 Å². The number of amides is 1. The Morgan fingerprint density at radius 1 is 1.64 bits per heavy atom. The van der Waals surface area contributed by atoms with Gasteiger partial charge in [0.25, 0.3) is 0 Å². The van der Waals surface area contributed by atoms with E-state index in [0.717, 1.165) is 5.56 Å². The van der Waals surface area contributed by atoms with Crippen molar-refractivity contribution in [3.05, 3.63) is 42.5 Å². The lowest BCUT2D eigenvalue weighted by atomic mass is 10.1. The van der Waals surface area contributed by atoms with Crippen molar-refractivity contribution in [2.45, 2.75) is 13.0 Å². The third-order valence-corrected chi connectivity index (χ3v) is 1.91. The van der Waals surface area contributed by atoms with Crippen molar-refractivity contribution >= 4 is 5.91 Å². The summed E-state index contributed by atoms with van der Waals surface area (Å²) in [6, 6.07) is 6.65. The molecular weight excluding hydrogens is 178 g/mol. The summed E-state index contributed by atoms with van der Waals surface area (Å²) >= 11 is 0. The number of hydrogen-bond acceptors (Lipinski definition) is 2. The molecule has 1 rings (SSSR count). The molecule has 0 spiro atoms. The number of rotatable bonds is 3. The van der Waals surface area contributed by atoms with Gasteiger partial charge >= 0.3 is 0 Å². The Hall–Kier alpha value is -1.77. The van der Waals surface area contributed by atoms with E-state index in [9.17, 15) is 9.90 Å². The fraction of sp³-hybridized carbons (Fsp3) is 0.182. The summed E-state index contributed by atoms with van der Waals surface area (Å²) < 4.78 is 0. The van der Waals surface area contributed by atoms with Gasteiger partial charge in [0, 0.05) is 0 Å². The Morgan fingerprint density at radius 3 is 2.93 bits per heavy atom. The Balaban J connectivity index is 2.74. The van der Waals surface area contributed by atoms with Crippen molar-refractivity contribution in [1.29, 1.82) is 0 Å². The first-order chi connectivity index (χ1) is 6.63. The van der Waals surface area contributed by atoms with E-state index in [1.54, 1.807) is 18.2 Å². The summed E-state index contributed by atoms with van der Waals surface area (Å²) in [7, 11) is 0. The molecule has 0 bridgehead atoms. The molecule has 0 heterocycles. The quantitative estimate of drug-likeness (QED) is 0.715. The van der Waals surface area contributed by atoms with Crippen LogP contribution in [0.2, 0.25) is 0 Å². The molecule has 0 aliphatic heterocycles. The van der Waals surface area contributed by atoms with E-state index >= 15 is 0 Å². The topological polar surface area (TPSA) is 49.3 Å². The van der Waals surface area contributed by atoms with Crippen LogP contribution in [-0.4, -0.2) is 11.0 Å². The molecule has 0 aliphatic carbocycles. The second-order valence-electron chi connectivity index (χ2n) is 3.03. The van der Waals surface area contributed by atoms with Gasteiger partial charge in [-0.2, -0.15) is 0 Å². The van der Waals surface area contributed by atoms with Gasteiger partial charge in [-0.3, -0.25) is 4.79 Å². The van der Waals surface area contributed by atoms with Crippen LogP contribution in [0.25, 0.3) is 0 Å². The van der Waals surface area contributed by atoms with E-state index in [2.05, 4.69) is 11.9 Å². The van der Waals surface area contributed by atoms with Crippen molar-refractivity contribution in [3.8, 4) is 5.75 Å². The van der Waals surface area contributed by atoms with Gasteiger partial charge in [-0.1, -0.05) is 18.7 Å². The molecular formula is C11H13NO2. The third-order valence-electron chi connectivity index (χ3n) is 1.91. The summed E-state index contributed by atoms with van der Waals surface area (Å²) in [5.74, 6) is -0.0250. The van der Waals surface area contributed by atoms with Gasteiger partial charge in [0.05, 0.1) is 6.04 Å². The first-order valence-electron chi connectivity index (χ1n) is 4.35. The van der Waals surface area contributed by atoms with Crippen LogP contribution in [0.15, 0.2) is 36.9 Å². The Labute approximate surface area is 83.1 Å². The molecule has 0 aromatic heterocycles. The highest BCUT2D eigenvalue weighted by molar-refractivity contribution is 5.87. The zero-order valence-corrected chi connectivity index (χ0v) is 8.03. The number of phenolic OH excluding ortho intramolecular Hbond substituents is 1. The van der Waals surface area contributed by atoms with Crippen LogP contribution in [0.1, 0.15) is 18.5 Å². The standard InChI is InChI=1S/C11H13NO2/c1-3-11(14)12-8(2)9-5-4-6-10(13)7-9/h3-8,13H,1H2,2H3,(H,12,14)/t8-/m0/s1. The van der Waals surface area contributed by atoms with E-state index in [0.29, 0.717) is 0 Å². The van der Waals surface area contributed by atoms with Crippen molar-refractivity contribution < 1.29 is 9.90 Å².